The van der Waals surface area contributed by atoms with Crippen LogP contribution in [0.2, 0.25) is 0 Å². The molecule has 0 atom stereocenters. The highest BCUT2D eigenvalue weighted by Gasteiger charge is 2.30. The van der Waals surface area contributed by atoms with Gasteiger partial charge in [-0.2, -0.15) is 0 Å². The van der Waals surface area contributed by atoms with Crippen LogP contribution in [0.25, 0.3) is 0 Å². The summed E-state index contributed by atoms with van der Waals surface area (Å²) < 4.78 is 40.8. The maximum Gasteiger partial charge on any atom is 0.573 e. The van der Waals surface area contributed by atoms with Crippen molar-refractivity contribution in [3.05, 3.63) is 53.0 Å². The molecular weight excluding hydrogens is 544 g/mol. The van der Waals surface area contributed by atoms with Crippen LogP contribution in [0, 0.1) is 0 Å². The van der Waals surface area contributed by atoms with E-state index in [0.29, 0.717) is 11.4 Å². The average Bonchev–Trinajstić information content (AvgIpc) is 2.53. The van der Waals surface area contributed by atoms with E-state index in [9.17, 15) is 18.0 Å². The van der Waals surface area contributed by atoms with Crippen molar-refractivity contribution in [1.82, 2.24) is 0 Å². The molecule has 2 rings (SSSR count). The van der Waals surface area contributed by atoms with Crippen LogP contribution in [-0.4, -0.2) is 24.8 Å². The third kappa shape index (κ3) is 8.95. The number of nitrogens with zero attached hydrogens (tertiary/aromatic N) is 1. The first-order valence-electron chi connectivity index (χ1n) is 7.19. The number of aliphatic imine (C=N–C) groups is 1. The second-order valence-corrected chi connectivity index (χ2v) is 5.87. The molecule has 0 fully saturated rings. The molecule has 0 radical (unpaired) electrons. The van der Waals surface area contributed by atoms with Crippen LogP contribution in [-0.2, 0) is 4.79 Å². The molecule has 146 valence electrons. The van der Waals surface area contributed by atoms with Gasteiger partial charge in [-0.05, 0) is 42.5 Å². The van der Waals surface area contributed by atoms with Gasteiger partial charge >= 0.3 is 6.36 Å². The van der Waals surface area contributed by atoms with Crippen LogP contribution in [0.5, 0.6) is 5.75 Å². The summed E-state index contributed by atoms with van der Waals surface area (Å²) >= 11 is 3.29. The third-order valence-corrected chi connectivity index (χ3v) is 3.35. The zero-order valence-electron chi connectivity index (χ0n) is 13.6. The number of hydrogen-bond donors (Lipinski definition) is 3. The number of rotatable bonds is 5. The number of amides is 1. The fourth-order valence-corrected chi connectivity index (χ4v) is 2.25. The van der Waals surface area contributed by atoms with Crippen molar-refractivity contribution < 1.29 is 22.7 Å². The average molecular weight is 559 g/mol. The molecule has 0 saturated heterocycles. The van der Waals surface area contributed by atoms with Gasteiger partial charge in [-0.3, -0.25) is 4.79 Å². The Morgan fingerprint density at radius 2 is 1.78 bits per heavy atom. The summed E-state index contributed by atoms with van der Waals surface area (Å²) in [6, 6.07) is 12.0. The smallest absolute Gasteiger partial charge is 0.406 e. The monoisotopic (exact) mass is 558 g/mol. The highest BCUT2D eigenvalue weighted by Crippen LogP contribution is 2.23. The summed E-state index contributed by atoms with van der Waals surface area (Å²) in [7, 11) is 0. The van der Waals surface area contributed by atoms with E-state index in [4.69, 9.17) is 5.73 Å². The summed E-state index contributed by atoms with van der Waals surface area (Å²) in [4.78, 5) is 15.7. The van der Waals surface area contributed by atoms with Crippen LogP contribution in [0.4, 0.5) is 24.5 Å². The van der Waals surface area contributed by atoms with Gasteiger partial charge < -0.3 is 21.1 Å². The zero-order valence-corrected chi connectivity index (χ0v) is 17.5. The Morgan fingerprint density at radius 1 is 1.11 bits per heavy atom. The lowest BCUT2D eigenvalue weighted by Crippen LogP contribution is -2.25. The number of halogens is 5. The largest absolute Gasteiger partial charge is 0.573 e. The minimum absolute atomic E-state index is 0. The van der Waals surface area contributed by atoms with Gasteiger partial charge in [0.2, 0.25) is 5.91 Å². The van der Waals surface area contributed by atoms with Crippen molar-refractivity contribution in [3.8, 4) is 5.75 Å². The number of carbonyl (C=O) groups excluding carboxylic acids is 1. The number of anilines is 2. The van der Waals surface area contributed by atoms with Crippen molar-refractivity contribution in [3.63, 3.8) is 0 Å². The molecule has 0 unspecified atom stereocenters. The summed E-state index contributed by atoms with van der Waals surface area (Å²) in [5.41, 5.74) is 6.65. The van der Waals surface area contributed by atoms with Gasteiger partial charge in [0.05, 0.1) is 0 Å². The number of hydrogen-bond acceptors (Lipinski definition) is 3. The highest BCUT2D eigenvalue weighted by molar-refractivity contribution is 14.0. The molecule has 0 aliphatic rings. The minimum atomic E-state index is -4.75. The maximum absolute atomic E-state index is 12.1. The van der Waals surface area contributed by atoms with Crippen LogP contribution in [0.15, 0.2) is 58.0 Å². The molecule has 1 amide bonds. The van der Waals surface area contributed by atoms with Crippen LogP contribution in [0.3, 0.4) is 0 Å². The minimum Gasteiger partial charge on any atom is -0.406 e. The molecule has 0 aliphatic carbocycles. The second-order valence-electron chi connectivity index (χ2n) is 4.96. The number of nitrogens with two attached hydrogens (primary N) is 1. The summed E-state index contributed by atoms with van der Waals surface area (Å²) in [6.45, 7) is -0.222. The molecule has 11 heteroatoms. The zero-order chi connectivity index (χ0) is 19.2. The Hall–Kier alpha value is -2.02. The maximum atomic E-state index is 12.1. The Kier molecular flexibility index (Phi) is 8.82. The molecule has 2 aromatic rings. The molecule has 0 heterocycles. The predicted octanol–water partition coefficient (Wildman–Crippen LogP) is 4.33. The number of ether oxygens (including phenoxy) is 1. The van der Waals surface area contributed by atoms with Gasteiger partial charge in [0.1, 0.15) is 12.3 Å². The van der Waals surface area contributed by atoms with Crippen LogP contribution >= 0.6 is 39.9 Å². The van der Waals surface area contributed by atoms with Crippen LogP contribution in [0.1, 0.15) is 0 Å². The van der Waals surface area contributed by atoms with Gasteiger partial charge in [0, 0.05) is 15.8 Å². The van der Waals surface area contributed by atoms with E-state index in [1.165, 1.54) is 12.1 Å². The van der Waals surface area contributed by atoms with Crippen molar-refractivity contribution in [2.75, 3.05) is 17.2 Å². The standard InChI is InChI=1S/C16H14BrF3N4O2.HI/c17-10-2-1-3-12(8-10)23-14(25)9-22-15(21)24-11-4-6-13(7-5-11)26-16(18,19)20;/h1-8H,9H2,(H,23,25)(H3,21,22,24);1H. The SMILES string of the molecule is I.NC(=NCC(=O)Nc1cccc(Br)c1)Nc1ccc(OC(F)(F)F)cc1. The van der Waals surface area contributed by atoms with Crippen molar-refractivity contribution >= 4 is 63.1 Å². The van der Waals surface area contributed by atoms with E-state index in [1.807, 2.05) is 6.07 Å². The lowest BCUT2D eigenvalue weighted by molar-refractivity contribution is -0.274. The molecule has 0 saturated carbocycles. The Morgan fingerprint density at radius 3 is 2.37 bits per heavy atom. The summed E-state index contributed by atoms with van der Waals surface area (Å²) in [5, 5.41) is 5.31. The third-order valence-electron chi connectivity index (χ3n) is 2.86. The van der Waals surface area contributed by atoms with E-state index < -0.39 is 6.36 Å². The molecule has 0 aliphatic heterocycles. The molecule has 2 aromatic carbocycles. The van der Waals surface area contributed by atoms with Crippen molar-refractivity contribution in [2.24, 2.45) is 10.7 Å². The molecule has 4 N–H and O–H groups in total. The molecule has 27 heavy (non-hydrogen) atoms. The number of benzene rings is 2. The van der Waals surface area contributed by atoms with Crippen molar-refractivity contribution in [1.29, 1.82) is 0 Å². The van der Waals surface area contributed by atoms with E-state index in [2.05, 4.69) is 36.3 Å². The first-order valence-corrected chi connectivity index (χ1v) is 7.99. The lowest BCUT2D eigenvalue weighted by Gasteiger charge is -2.10. The number of carbonyl (C=O) groups is 1. The normalized spacial score (nSPS) is 11.3. The molecular formula is C16H15BrF3IN4O2. The first-order chi connectivity index (χ1) is 12.2. The van der Waals surface area contributed by atoms with Crippen molar-refractivity contribution in [2.45, 2.75) is 6.36 Å². The fraction of sp³-hybridized carbons (Fsp3) is 0.125. The van der Waals surface area contributed by atoms with Gasteiger partial charge in [0.15, 0.2) is 5.96 Å². The molecule has 6 nitrogen and oxygen atoms in total. The molecule has 0 aromatic heterocycles. The second kappa shape index (κ2) is 10.3. The van der Waals surface area contributed by atoms with E-state index in [1.54, 1.807) is 18.2 Å². The number of guanidine groups is 1. The number of alkyl halides is 3. The lowest BCUT2D eigenvalue weighted by atomic mass is 10.3. The molecule has 0 bridgehead atoms. The predicted molar refractivity (Wildman–Crippen MR) is 111 cm³/mol. The summed E-state index contributed by atoms with van der Waals surface area (Å²) in [6.07, 6.45) is -4.75. The molecule has 0 spiro atoms. The van der Waals surface area contributed by atoms with Gasteiger partial charge in [-0.1, -0.05) is 22.0 Å². The summed E-state index contributed by atoms with van der Waals surface area (Å²) in [5.74, 6) is -0.785. The number of nitrogens with one attached hydrogen (secondary N) is 2. The Labute approximate surface area is 178 Å². The highest BCUT2D eigenvalue weighted by atomic mass is 127. The van der Waals surface area contributed by atoms with Crippen LogP contribution < -0.4 is 21.1 Å². The van der Waals surface area contributed by atoms with Gasteiger partial charge in [0.25, 0.3) is 0 Å². The van der Waals surface area contributed by atoms with E-state index >= 15 is 0 Å². The Bertz CT molecular complexity index is 801. The topological polar surface area (TPSA) is 88.7 Å². The van der Waals surface area contributed by atoms with E-state index in [0.717, 1.165) is 16.6 Å². The quantitative estimate of drug-likeness (QED) is 0.289. The van der Waals surface area contributed by atoms with Gasteiger partial charge in [-0.25, -0.2) is 4.99 Å². The first kappa shape index (κ1) is 23.0. The fourth-order valence-electron chi connectivity index (χ4n) is 1.85. The Balaban J connectivity index is 0.00000364. The van der Waals surface area contributed by atoms with Gasteiger partial charge in [-0.15, -0.1) is 37.1 Å². The van der Waals surface area contributed by atoms with E-state index in [-0.39, 0.29) is 48.1 Å².